The number of Topliss-reactive ketones (excluding diaryl/α,β-unsaturated/α-hetero) is 1. The fraction of sp³-hybridized carbons (Fsp3) is 0.333. The number of amides is 1. The number of nitrogens with zero attached hydrogens (tertiary/aromatic N) is 1. The van der Waals surface area contributed by atoms with Gasteiger partial charge < -0.3 is 9.64 Å². The van der Waals surface area contributed by atoms with Gasteiger partial charge in [0.05, 0.1) is 12.2 Å². The SMILES string of the molecule is CC(=O)C1CN(C(=O)CCl)c2cc(Br)ccc2O1. The van der Waals surface area contributed by atoms with Crippen molar-refractivity contribution in [3.8, 4) is 5.75 Å². The Kier molecular flexibility index (Phi) is 3.92. The molecular weight excluding hydrogens is 321 g/mol. The molecule has 2 rings (SSSR count). The number of alkyl halides is 1. The molecule has 0 aliphatic carbocycles. The Morgan fingerprint density at radius 3 is 2.89 bits per heavy atom. The molecule has 6 heteroatoms. The van der Waals surface area contributed by atoms with Gasteiger partial charge in [-0.05, 0) is 25.1 Å². The van der Waals surface area contributed by atoms with Gasteiger partial charge in [-0.2, -0.15) is 0 Å². The van der Waals surface area contributed by atoms with Crippen molar-refractivity contribution in [1.82, 2.24) is 0 Å². The second-order valence-electron chi connectivity index (χ2n) is 3.97. The molecule has 1 unspecified atom stereocenters. The van der Waals surface area contributed by atoms with Crippen LogP contribution < -0.4 is 9.64 Å². The van der Waals surface area contributed by atoms with Crippen LogP contribution in [0.2, 0.25) is 0 Å². The minimum Gasteiger partial charge on any atom is -0.479 e. The van der Waals surface area contributed by atoms with Crippen LogP contribution in [0.1, 0.15) is 6.92 Å². The molecule has 0 fully saturated rings. The van der Waals surface area contributed by atoms with E-state index < -0.39 is 6.10 Å². The third-order valence-corrected chi connectivity index (χ3v) is 3.42. The number of benzene rings is 1. The van der Waals surface area contributed by atoms with Crippen LogP contribution in [0.4, 0.5) is 5.69 Å². The average molecular weight is 333 g/mol. The summed E-state index contributed by atoms with van der Waals surface area (Å²) >= 11 is 8.93. The minimum absolute atomic E-state index is 0.115. The Morgan fingerprint density at radius 2 is 2.28 bits per heavy atom. The number of anilines is 1. The van der Waals surface area contributed by atoms with E-state index in [4.69, 9.17) is 16.3 Å². The van der Waals surface area contributed by atoms with Gasteiger partial charge in [0.2, 0.25) is 5.91 Å². The Hall–Kier alpha value is -1.07. The maximum absolute atomic E-state index is 11.8. The summed E-state index contributed by atoms with van der Waals surface area (Å²) in [6.45, 7) is 1.64. The van der Waals surface area contributed by atoms with Crippen molar-refractivity contribution >= 4 is 44.9 Å². The van der Waals surface area contributed by atoms with E-state index in [1.807, 2.05) is 0 Å². The Balaban J connectivity index is 2.43. The summed E-state index contributed by atoms with van der Waals surface area (Å²) in [4.78, 5) is 24.7. The predicted octanol–water partition coefficient (Wildman–Crippen LogP) is 2.37. The van der Waals surface area contributed by atoms with E-state index in [9.17, 15) is 9.59 Å². The number of carbonyl (C=O) groups is 2. The Morgan fingerprint density at radius 1 is 1.56 bits per heavy atom. The first kappa shape index (κ1) is 13.4. The minimum atomic E-state index is -0.633. The average Bonchev–Trinajstić information content (AvgIpc) is 2.36. The molecule has 0 radical (unpaired) electrons. The zero-order valence-corrected chi connectivity index (χ0v) is 12.0. The summed E-state index contributed by atoms with van der Waals surface area (Å²) in [6, 6.07) is 5.30. The molecule has 0 spiro atoms. The van der Waals surface area contributed by atoms with Crippen LogP contribution in [0.25, 0.3) is 0 Å². The lowest BCUT2D eigenvalue weighted by molar-refractivity contribution is -0.124. The number of carbonyl (C=O) groups excluding carboxylic acids is 2. The van der Waals surface area contributed by atoms with Crippen molar-refractivity contribution in [1.29, 1.82) is 0 Å². The quantitative estimate of drug-likeness (QED) is 0.781. The highest BCUT2D eigenvalue weighted by molar-refractivity contribution is 9.10. The zero-order chi connectivity index (χ0) is 13.3. The largest absolute Gasteiger partial charge is 0.479 e. The third-order valence-electron chi connectivity index (χ3n) is 2.70. The van der Waals surface area contributed by atoms with Crippen molar-refractivity contribution in [2.45, 2.75) is 13.0 Å². The normalized spacial score (nSPS) is 17.9. The first-order valence-electron chi connectivity index (χ1n) is 5.36. The van der Waals surface area contributed by atoms with Crippen LogP contribution in [0, 0.1) is 0 Å². The first-order chi connectivity index (χ1) is 8.52. The van der Waals surface area contributed by atoms with Gasteiger partial charge >= 0.3 is 0 Å². The lowest BCUT2D eigenvalue weighted by atomic mass is 10.1. The molecule has 0 saturated heterocycles. The molecule has 1 aliphatic heterocycles. The lowest BCUT2D eigenvalue weighted by Crippen LogP contribution is -2.47. The van der Waals surface area contributed by atoms with Crippen molar-refractivity contribution < 1.29 is 14.3 Å². The zero-order valence-electron chi connectivity index (χ0n) is 9.65. The van der Waals surface area contributed by atoms with Crippen molar-refractivity contribution in [3.63, 3.8) is 0 Å². The van der Waals surface area contributed by atoms with E-state index in [1.54, 1.807) is 18.2 Å². The van der Waals surface area contributed by atoms with Gasteiger partial charge in [0.1, 0.15) is 11.6 Å². The summed E-state index contributed by atoms with van der Waals surface area (Å²) in [5.41, 5.74) is 0.632. The summed E-state index contributed by atoms with van der Waals surface area (Å²) in [5.74, 6) is 0.0287. The predicted molar refractivity (Wildman–Crippen MR) is 72.3 cm³/mol. The summed E-state index contributed by atoms with van der Waals surface area (Å²) in [6.07, 6.45) is -0.633. The molecule has 0 aromatic heterocycles. The van der Waals surface area contributed by atoms with Gasteiger partial charge in [-0.1, -0.05) is 15.9 Å². The highest BCUT2D eigenvalue weighted by Crippen LogP contribution is 2.36. The molecule has 1 heterocycles. The second-order valence-corrected chi connectivity index (χ2v) is 5.15. The molecular formula is C12H11BrClNO3. The van der Waals surface area contributed by atoms with E-state index in [0.717, 1.165) is 4.47 Å². The summed E-state index contributed by atoms with van der Waals surface area (Å²) in [5, 5.41) is 0. The molecule has 4 nitrogen and oxygen atoms in total. The molecule has 1 amide bonds. The number of ketones is 1. The van der Waals surface area contributed by atoms with Crippen molar-refractivity contribution in [2.75, 3.05) is 17.3 Å². The van der Waals surface area contributed by atoms with E-state index in [0.29, 0.717) is 11.4 Å². The van der Waals surface area contributed by atoms with Gasteiger partial charge in [0.15, 0.2) is 11.9 Å². The fourth-order valence-electron chi connectivity index (χ4n) is 1.78. The topological polar surface area (TPSA) is 46.6 Å². The molecule has 1 aliphatic rings. The van der Waals surface area contributed by atoms with E-state index >= 15 is 0 Å². The van der Waals surface area contributed by atoms with Crippen LogP contribution >= 0.6 is 27.5 Å². The first-order valence-corrected chi connectivity index (χ1v) is 6.68. The number of hydrogen-bond donors (Lipinski definition) is 0. The third kappa shape index (κ3) is 2.52. The molecule has 1 atom stereocenters. The smallest absolute Gasteiger partial charge is 0.242 e. The Bertz CT molecular complexity index is 506. The number of hydrogen-bond acceptors (Lipinski definition) is 3. The molecule has 1 aromatic rings. The standard InChI is InChI=1S/C12H11BrClNO3/c1-7(16)11-6-15(12(17)5-14)9-4-8(13)2-3-10(9)18-11/h2-4,11H,5-6H2,1H3. The van der Waals surface area contributed by atoms with Crippen LogP contribution in [0.15, 0.2) is 22.7 Å². The van der Waals surface area contributed by atoms with Gasteiger partial charge in [-0.15, -0.1) is 11.6 Å². The number of ether oxygens (including phenoxy) is 1. The highest BCUT2D eigenvalue weighted by Gasteiger charge is 2.31. The monoisotopic (exact) mass is 331 g/mol. The second kappa shape index (κ2) is 5.28. The van der Waals surface area contributed by atoms with Gasteiger partial charge in [-0.3, -0.25) is 9.59 Å². The van der Waals surface area contributed by atoms with E-state index in [-0.39, 0.29) is 24.1 Å². The van der Waals surface area contributed by atoms with Gasteiger partial charge in [-0.25, -0.2) is 0 Å². The Labute approximate surface area is 118 Å². The lowest BCUT2D eigenvalue weighted by Gasteiger charge is -2.33. The maximum atomic E-state index is 11.8. The molecule has 0 saturated carbocycles. The number of rotatable bonds is 2. The number of halogens is 2. The molecule has 0 N–H and O–H groups in total. The maximum Gasteiger partial charge on any atom is 0.242 e. The van der Waals surface area contributed by atoms with Gasteiger partial charge in [0.25, 0.3) is 0 Å². The molecule has 0 bridgehead atoms. The van der Waals surface area contributed by atoms with Gasteiger partial charge in [0, 0.05) is 4.47 Å². The van der Waals surface area contributed by atoms with Crippen molar-refractivity contribution in [3.05, 3.63) is 22.7 Å². The van der Waals surface area contributed by atoms with E-state index in [1.165, 1.54) is 11.8 Å². The van der Waals surface area contributed by atoms with Crippen LogP contribution in [-0.4, -0.2) is 30.2 Å². The molecule has 96 valence electrons. The summed E-state index contributed by atoms with van der Waals surface area (Å²) in [7, 11) is 0. The molecule has 18 heavy (non-hydrogen) atoms. The van der Waals surface area contributed by atoms with Crippen LogP contribution in [0.5, 0.6) is 5.75 Å². The van der Waals surface area contributed by atoms with Crippen molar-refractivity contribution in [2.24, 2.45) is 0 Å². The summed E-state index contributed by atoms with van der Waals surface area (Å²) < 4.78 is 6.40. The van der Waals surface area contributed by atoms with Crippen LogP contribution in [-0.2, 0) is 9.59 Å². The highest BCUT2D eigenvalue weighted by atomic mass is 79.9. The van der Waals surface area contributed by atoms with Crippen LogP contribution in [0.3, 0.4) is 0 Å². The molecule has 1 aromatic carbocycles. The number of fused-ring (bicyclic) bond motifs is 1. The fourth-order valence-corrected chi connectivity index (χ4v) is 2.27. The van der Waals surface area contributed by atoms with E-state index in [2.05, 4.69) is 15.9 Å².